The molecular weight excluding hydrogens is 357 g/mol. The standard InChI is InChI=1S/C16H17Cl2NOS2/c17-14-3-1-12(21-14)16(20,13-2-4-15(18)22-13)11-9-19-7-5-10(11)6-8-19/h1-4,10-11,20H,5-9H2/t11-/m1/s1. The molecule has 0 radical (unpaired) electrons. The molecule has 0 amide bonds. The van der Waals surface area contributed by atoms with Gasteiger partial charge in [0.25, 0.3) is 0 Å². The van der Waals surface area contributed by atoms with E-state index in [1.807, 2.05) is 24.3 Å². The average molecular weight is 374 g/mol. The lowest BCUT2D eigenvalue weighted by Crippen LogP contribution is -2.55. The summed E-state index contributed by atoms with van der Waals surface area (Å²) in [5.41, 5.74) is -0.973. The normalized spacial score (nSPS) is 28.2. The van der Waals surface area contributed by atoms with E-state index in [0.717, 1.165) is 38.1 Å². The van der Waals surface area contributed by atoms with Crippen LogP contribution in [0.15, 0.2) is 24.3 Å². The predicted molar refractivity (Wildman–Crippen MR) is 94.3 cm³/mol. The van der Waals surface area contributed by atoms with E-state index in [9.17, 15) is 5.11 Å². The van der Waals surface area contributed by atoms with Crippen molar-refractivity contribution >= 4 is 45.9 Å². The molecule has 0 spiro atoms. The summed E-state index contributed by atoms with van der Waals surface area (Å²) in [6.07, 6.45) is 2.34. The highest BCUT2D eigenvalue weighted by Gasteiger charge is 2.50. The van der Waals surface area contributed by atoms with Crippen molar-refractivity contribution in [2.75, 3.05) is 19.6 Å². The molecule has 0 aromatic carbocycles. The average Bonchev–Trinajstić information content (AvgIpc) is 3.17. The lowest BCUT2D eigenvalue weighted by molar-refractivity contribution is -0.0725. The van der Waals surface area contributed by atoms with Crippen LogP contribution < -0.4 is 0 Å². The van der Waals surface area contributed by atoms with Gasteiger partial charge in [0.2, 0.25) is 0 Å². The fraction of sp³-hybridized carbons (Fsp3) is 0.500. The van der Waals surface area contributed by atoms with Crippen LogP contribution >= 0.6 is 45.9 Å². The van der Waals surface area contributed by atoms with Crippen molar-refractivity contribution in [3.8, 4) is 0 Å². The minimum atomic E-state index is -0.973. The maximum atomic E-state index is 11.8. The molecule has 2 nitrogen and oxygen atoms in total. The van der Waals surface area contributed by atoms with Crippen molar-refractivity contribution in [2.45, 2.75) is 18.4 Å². The van der Waals surface area contributed by atoms with E-state index in [1.165, 1.54) is 35.5 Å². The highest BCUT2D eigenvalue weighted by Crippen LogP contribution is 2.51. The summed E-state index contributed by atoms with van der Waals surface area (Å²) < 4.78 is 1.44. The molecule has 22 heavy (non-hydrogen) atoms. The number of rotatable bonds is 3. The number of piperidine rings is 3. The van der Waals surface area contributed by atoms with Crippen LogP contribution in [0.5, 0.6) is 0 Å². The molecule has 118 valence electrons. The predicted octanol–water partition coefficient (Wildman–Crippen LogP) is 4.69. The lowest BCUT2D eigenvalue weighted by Gasteiger charge is -2.50. The zero-order valence-corrected chi connectivity index (χ0v) is 15.1. The Labute approximate surface area is 148 Å². The summed E-state index contributed by atoms with van der Waals surface area (Å²) in [7, 11) is 0. The molecule has 0 aliphatic carbocycles. The van der Waals surface area contributed by atoms with E-state index in [-0.39, 0.29) is 5.92 Å². The van der Waals surface area contributed by atoms with Crippen LogP contribution in [0.4, 0.5) is 0 Å². The van der Waals surface area contributed by atoms with Gasteiger partial charge in [-0.2, -0.15) is 0 Å². The van der Waals surface area contributed by atoms with Crippen molar-refractivity contribution < 1.29 is 5.11 Å². The van der Waals surface area contributed by atoms with Crippen LogP contribution in [0.3, 0.4) is 0 Å². The van der Waals surface area contributed by atoms with E-state index in [0.29, 0.717) is 5.92 Å². The van der Waals surface area contributed by atoms with Crippen LogP contribution in [0.1, 0.15) is 22.6 Å². The zero-order valence-electron chi connectivity index (χ0n) is 12.0. The molecule has 3 saturated heterocycles. The van der Waals surface area contributed by atoms with Gasteiger partial charge in [-0.25, -0.2) is 0 Å². The van der Waals surface area contributed by atoms with Gasteiger partial charge in [-0.15, -0.1) is 22.7 Å². The van der Waals surface area contributed by atoms with E-state index >= 15 is 0 Å². The first-order valence-electron chi connectivity index (χ1n) is 7.53. The first kappa shape index (κ1) is 15.4. The molecule has 3 aliphatic rings. The zero-order chi connectivity index (χ0) is 15.3. The molecule has 2 aromatic rings. The molecule has 1 N–H and O–H groups in total. The largest absolute Gasteiger partial charge is 0.378 e. The summed E-state index contributed by atoms with van der Waals surface area (Å²) in [4.78, 5) is 4.35. The molecular formula is C16H17Cl2NOS2. The van der Waals surface area contributed by atoms with Crippen molar-refractivity contribution in [1.29, 1.82) is 0 Å². The molecule has 0 saturated carbocycles. The second-order valence-electron chi connectivity index (χ2n) is 6.22. The highest BCUT2D eigenvalue weighted by atomic mass is 35.5. The van der Waals surface area contributed by atoms with Crippen molar-refractivity contribution in [1.82, 2.24) is 4.90 Å². The van der Waals surface area contributed by atoms with E-state index in [2.05, 4.69) is 4.90 Å². The van der Waals surface area contributed by atoms with Crippen molar-refractivity contribution in [2.24, 2.45) is 11.8 Å². The fourth-order valence-corrected chi connectivity index (χ4v) is 6.45. The second-order valence-corrected chi connectivity index (χ2v) is 9.65. The van der Waals surface area contributed by atoms with Crippen LogP contribution in [0.2, 0.25) is 8.67 Å². The Morgan fingerprint density at radius 1 is 1.00 bits per heavy atom. The Bertz CT molecular complexity index is 635. The Morgan fingerprint density at radius 3 is 1.91 bits per heavy atom. The van der Waals surface area contributed by atoms with Gasteiger partial charge in [0.15, 0.2) is 0 Å². The van der Waals surface area contributed by atoms with E-state index in [1.54, 1.807) is 0 Å². The van der Waals surface area contributed by atoms with Gasteiger partial charge in [-0.3, -0.25) is 0 Å². The van der Waals surface area contributed by atoms with Crippen molar-refractivity contribution in [3.63, 3.8) is 0 Å². The summed E-state index contributed by atoms with van der Waals surface area (Å²) in [5.74, 6) is 0.774. The minimum absolute atomic E-state index is 0.208. The van der Waals surface area contributed by atoms with Gasteiger partial charge >= 0.3 is 0 Å². The quantitative estimate of drug-likeness (QED) is 0.842. The lowest BCUT2D eigenvalue weighted by atomic mass is 9.69. The maximum Gasteiger partial charge on any atom is 0.137 e. The third-order valence-corrected chi connectivity index (χ3v) is 7.80. The number of hydrogen-bond acceptors (Lipinski definition) is 4. The third kappa shape index (κ3) is 2.45. The molecule has 5 rings (SSSR count). The molecule has 3 aliphatic heterocycles. The summed E-state index contributed by atoms with van der Waals surface area (Å²) in [5, 5.41) is 11.8. The van der Waals surface area contributed by atoms with Gasteiger partial charge < -0.3 is 10.0 Å². The number of halogens is 2. The number of aliphatic hydroxyl groups is 1. The monoisotopic (exact) mass is 373 g/mol. The summed E-state index contributed by atoms with van der Waals surface area (Å²) in [6, 6.07) is 7.70. The van der Waals surface area contributed by atoms with E-state index in [4.69, 9.17) is 23.2 Å². The first-order chi connectivity index (χ1) is 10.6. The number of hydrogen-bond donors (Lipinski definition) is 1. The summed E-state index contributed by atoms with van der Waals surface area (Å²) in [6.45, 7) is 3.27. The molecule has 3 fully saturated rings. The molecule has 1 atom stereocenters. The Hall–Kier alpha value is -0.100. The second kappa shape index (κ2) is 5.76. The van der Waals surface area contributed by atoms with Gasteiger partial charge in [-0.1, -0.05) is 23.2 Å². The Balaban J connectivity index is 1.81. The number of thiophene rings is 2. The van der Waals surface area contributed by atoms with Crippen LogP contribution in [-0.4, -0.2) is 29.6 Å². The van der Waals surface area contributed by atoms with Crippen molar-refractivity contribution in [3.05, 3.63) is 42.7 Å². The van der Waals surface area contributed by atoms with Crippen LogP contribution in [0, 0.1) is 11.8 Å². The third-order valence-electron chi connectivity index (χ3n) is 5.09. The van der Waals surface area contributed by atoms with Gasteiger partial charge in [0, 0.05) is 22.2 Å². The molecule has 2 bridgehead atoms. The molecule has 6 heteroatoms. The molecule has 2 aromatic heterocycles. The maximum absolute atomic E-state index is 11.8. The van der Waals surface area contributed by atoms with Gasteiger partial charge in [0.05, 0.1) is 8.67 Å². The first-order valence-corrected chi connectivity index (χ1v) is 9.92. The van der Waals surface area contributed by atoms with Gasteiger partial charge in [-0.05, 0) is 56.1 Å². The SMILES string of the molecule is OC(c1ccc(Cl)s1)(c1ccc(Cl)s1)[C@@H]1CN2CCC1CC2. The van der Waals surface area contributed by atoms with Crippen LogP contribution in [0.25, 0.3) is 0 Å². The van der Waals surface area contributed by atoms with E-state index < -0.39 is 5.60 Å². The highest BCUT2D eigenvalue weighted by molar-refractivity contribution is 7.17. The number of nitrogens with zero attached hydrogens (tertiary/aromatic N) is 1. The number of fused-ring (bicyclic) bond motifs is 3. The minimum Gasteiger partial charge on any atom is -0.378 e. The Kier molecular flexibility index (Phi) is 4.04. The summed E-state index contributed by atoms with van der Waals surface area (Å²) >= 11 is 15.3. The van der Waals surface area contributed by atoms with Crippen LogP contribution in [-0.2, 0) is 5.60 Å². The smallest absolute Gasteiger partial charge is 0.137 e. The molecule has 0 unspecified atom stereocenters. The molecule has 5 heterocycles. The fourth-order valence-electron chi connectivity index (χ4n) is 3.96. The Morgan fingerprint density at radius 2 is 1.55 bits per heavy atom. The van der Waals surface area contributed by atoms with Gasteiger partial charge in [0.1, 0.15) is 5.60 Å². The topological polar surface area (TPSA) is 23.5 Å².